The summed E-state index contributed by atoms with van der Waals surface area (Å²) >= 11 is 11.7. The summed E-state index contributed by atoms with van der Waals surface area (Å²) in [7, 11) is 0. The topological polar surface area (TPSA) is 68.0 Å². The summed E-state index contributed by atoms with van der Waals surface area (Å²) in [6, 6.07) is 4.12. The fourth-order valence-electron chi connectivity index (χ4n) is 1.44. The number of nitrogens with two attached hydrogens (primary N) is 1. The molecule has 1 heterocycles. The quantitative estimate of drug-likeness (QED) is 0.836. The van der Waals surface area contributed by atoms with Crippen molar-refractivity contribution in [3.8, 4) is 0 Å². The van der Waals surface area contributed by atoms with E-state index in [4.69, 9.17) is 28.9 Å². The number of hydrogen-bond acceptors (Lipinski definition) is 3. The van der Waals surface area contributed by atoms with Gasteiger partial charge in [-0.3, -0.25) is 9.78 Å². The number of anilines is 2. The number of nitrogens with zero attached hydrogens (tertiary/aromatic N) is 1. The monoisotopic (exact) mass is 299 g/mol. The molecule has 1 aromatic heterocycles. The molecule has 0 aliphatic carbocycles. The van der Waals surface area contributed by atoms with Gasteiger partial charge in [0, 0.05) is 11.9 Å². The molecule has 1 aromatic carbocycles. The molecule has 0 saturated carbocycles. The highest BCUT2D eigenvalue weighted by atomic mass is 35.5. The van der Waals surface area contributed by atoms with E-state index in [0.29, 0.717) is 0 Å². The first-order valence-electron chi connectivity index (χ1n) is 5.14. The number of pyridine rings is 1. The van der Waals surface area contributed by atoms with Crippen molar-refractivity contribution in [3.05, 3.63) is 52.0 Å². The van der Waals surface area contributed by atoms with Crippen LogP contribution in [0.4, 0.5) is 15.8 Å². The Labute approximate surface area is 118 Å². The molecule has 0 bridgehead atoms. The molecule has 0 aliphatic heterocycles. The summed E-state index contributed by atoms with van der Waals surface area (Å²) in [6.07, 6.45) is 2.34. The Morgan fingerprint density at radius 2 is 2.11 bits per heavy atom. The number of hydrogen-bond donors (Lipinski definition) is 2. The van der Waals surface area contributed by atoms with Crippen LogP contribution in [0.2, 0.25) is 10.0 Å². The first-order chi connectivity index (χ1) is 8.99. The molecule has 1 amide bonds. The second-order valence-corrected chi connectivity index (χ2v) is 4.46. The van der Waals surface area contributed by atoms with Crippen molar-refractivity contribution in [3.63, 3.8) is 0 Å². The molecule has 7 heteroatoms. The van der Waals surface area contributed by atoms with Gasteiger partial charge in [0.15, 0.2) is 5.82 Å². The lowest BCUT2D eigenvalue weighted by Crippen LogP contribution is -2.14. The van der Waals surface area contributed by atoms with E-state index in [-0.39, 0.29) is 27.0 Å². The zero-order valence-electron chi connectivity index (χ0n) is 9.45. The molecule has 0 spiro atoms. The van der Waals surface area contributed by atoms with Crippen molar-refractivity contribution in [1.82, 2.24) is 4.98 Å². The van der Waals surface area contributed by atoms with Crippen LogP contribution in [-0.4, -0.2) is 10.9 Å². The molecule has 0 radical (unpaired) electrons. The molecule has 0 fully saturated rings. The molecule has 4 nitrogen and oxygen atoms in total. The smallest absolute Gasteiger partial charge is 0.257 e. The van der Waals surface area contributed by atoms with E-state index < -0.39 is 11.7 Å². The lowest BCUT2D eigenvalue weighted by Gasteiger charge is -2.09. The highest BCUT2D eigenvalue weighted by Crippen LogP contribution is 2.29. The van der Waals surface area contributed by atoms with Gasteiger partial charge in [-0.05, 0) is 18.2 Å². The normalized spacial score (nSPS) is 10.3. The summed E-state index contributed by atoms with van der Waals surface area (Å²) in [5.41, 5.74) is 5.94. The predicted molar refractivity (Wildman–Crippen MR) is 73.0 cm³/mol. The van der Waals surface area contributed by atoms with E-state index in [1.807, 2.05) is 0 Å². The number of rotatable bonds is 2. The lowest BCUT2D eigenvalue weighted by molar-refractivity contribution is 0.102. The summed E-state index contributed by atoms with van der Waals surface area (Å²) in [4.78, 5) is 15.6. The molecule has 3 N–H and O–H groups in total. The maximum atomic E-state index is 13.4. The van der Waals surface area contributed by atoms with Gasteiger partial charge in [0.1, 0.15) is 0 Å². The van der Waals surface area contributed by atoms with Gasteiger partial charge in [0.25, 0.3) is 5.91 Å². The minimum Gasteiger partial charge on any atom is -0.399 e. The van der Waals surface area contributed by atoms with Crippen molar-refractivity contribution in [1.29, 1.82) is 0 Å². The number of nitrogen functional groups attached to an aromatic ring is 1. The van der Waals surface area contributed by atoms with Gasteiger partial charge in [-0.2, -0.15) is 0 Å². The third-order valence-electron chi connectivity index (χ3n) is 2.32. The molecular weight excluding hydrogens is 292 g/mol. The van der Waals surface area contributed by atoms with Gasteiger partial charge in [-0.15, -0.1) is 0 Å². The second kappa shape index (κ2) is 5.42. The number of carbonyl (C=O) groups excluding carboxylic acids is 1. The van der Waals surface area contributed by atoms with Crippen molar-refractivity contribution < 1.29 is 9.18 Å². The minimum absolute atomic E-state index is 0.00499. The van der Waals surface area contributed by atoms with Crippen LogP contribution in [-0.2, 0) is 0 Å². The number of aromatic nitrogens is 1. The maximum Gasteiger partial charge on any atom is 0.257 e. The maximum absolute atomic E-state index is 13.4. The molecule has 2 aromatic rings. The zero-order valence-corrected chi connectivity index (χ0v) is 11.0. The number of halogens is 3. The molecule has 0 unspecified atom stereocenters. The summed E-state index contributed by atoms with van der Waals surface area (Å²) in [5, 5.41) is 2.58. The Morgan fingerprint density at radius 1 is 1.37 bits per heavy atom. The van der Waals surface area contributed by atoms with Crippen LogP contribution in [0, 0.1) is 5.82 Å². The molecule has 19 heavy (non-hydrogen) atoms. The highest BCUT2D eigenvalue weighted by Gasteiger charge is 2.15. The first kappa shape index (κ1) is 13.6. The van der Waals surface area contributed by atoms with E-state index in [9.17, 15) is 9.18 Å². The van der Waals surface area contributed by atoms with E-state index in [2.05, 4.69) is 10.3 Å². The van der Waals surface area contributed by atoms with Crippen molar-refractivity contribution >= 4 is 40.5 Å². The zero-order chi connectivity index (χ0) is 14.0. The first-order valence-corrected chi connectivity index (χ1v) is 5.90. The van der Waals surface area contributed by atoms with Gasteiger partial charge in [0.2, 0.25) is 0 Å². The average Bonchev–Trinajstić information content (AvgIpc) is 2.36. The standard InChI is InChI=1S/C12H8Cl2FN3O/c13-8-4-6(16)3-7(11(8)14)12(19)18-10-1-2-17-5-9(10)15/h1-5H,16H2,(H,17,18,19). The van der Waals surface area contributed by atoms with Crippen LogP contribution < -0.4 is 11.1 Å². The van der Waals surface area contributed by atoms with Gasteiger partial charge in [-0.25, -0.2) is 4.39 Å². The predicted octanol–water partition coefficient (Wildman–Crippen LogP) is 3.36. The van der Waals surface area contributed by atoms with Crippen molar-refractivity contribution in [2.24, 2.45) is 0 Å². The van der Waals surface area contributed by atoms with Gasteiger partial charge < -0.3 is 11.1 Å². The second-order valence-electron chi connectivity index (χ2n) is 3.67. The largest absolute Gasteiger partial charge is 0.399 e. The SMILES string of the molecule is Nc1cc(Cl)c(Cl)c(C(=O)Nc2ccncc2F)c1. The van der Waals surface area contributed by atoms with E-state index in [1.54, 1.807) is 0 Å². The highest BCUT2D eigenvalue weighted by molar-refractivity contribution is 6.44. The number of carbonyl (C=O) groups is 1. The Balaban J connectivity index is 2.33. The summed E-state index contributed by atoms with van der Waals surface area (Å²) in [6.45, 7) is 0. The van der Waals surface area contributed by atoms with Gasteiger partial charge in [0.05, 0.1) is 27.5 Å². The summed E-state index contributed by atoms with van der Waals surface area (Å²) in [5.74, 6) is -1.26. The Hall–Kier alpha value is -1.85. The van der Waals surface area contributed by atoms with E-state index in [1.165, 1.54) is 24.4 Å². The molecular formula is C12H8Cl2FN3O. The Kier molecular flexibility index (Phi) is 3.87. The molecule has 0 saturated heterocycles. The number of nitrogens with one attached hydrogen (secondary N) is 1. The average molecular weight is 300 g/mol. The van der Waals surface area contributed by atoms with Gasteiger partial charge in [-0.1, -0.05) is 23.2 Å². The van der Waals surface area contributed by atoms with Crippen LogP contribution in [0.5, 0.6) is 0 Å². The van der Waals surface area contributed by atoms with E-state index in [0.717, 1.165) is 6.20 Å². The molecule has 2 rings (SSSR count). The Morgan fingerprint density at radius 3 is 2.79 bits per heavy atom. The van der Waals surface area contributed by atoms with Crippen LogP contribution in [0.15, 0.2) is 30.6 Å². The lowest BCUT2D eigenvalue weighted by atomic mass is 10.2. The van der Waals surface area contributed by atoms with E-state index >= 15 is 0 Å². The molecule has 0 atom stereocenters. The Bertz CT molecular complexity index is 649. The van der Waals surface area contributed by atoms with Crippen molar-refractivity contribution in [2.45, 2.75) is 0 Å². The molecule has 0 aliphatic rings. The third kappa shape index (κ3) is 2.94. The third-order valence-corrected chi connectivity index (χ3v) is 3.12. The van der Waals surface area contributed by atoms with Gasteiger partial charge >= 0.3 is 0 Å². The fourth-order valence-corrected chi connectivity index (χ4v) is 1.86. The fraction of sp³-hybridized carbons (Fsp3) is 0. The van der Waals surface area contributed by atoms with Crippen LogP contribution in [0.3, 0.4) is 0 Å². The van der Waals surface area contributed by atoms with Crippen LogP contribution in [0.1, 0.15) is 10.4 Å². The van der Waals surface area contributed by atoms with Crippen LogP contribution in [0.25, 0.3) is 0 Å². The van der Waals surface area contributed by atoms with Crippen molar-refractivity contribution in [2.75, 3.05) is 11.1 Å². The molecule has 98 valence electrons. The van der Waals surface area contributed by atoms with Crippen LogP contribution >= 0.6 is 23.2 Å². The summed E-state index contributed by atoms with van der Waals surface area (Å²) < 4.78 is 13.4. The minimum atomic E-state index is -0.651. The number of benzene rings is 1. The number of amides is 1.